The lowest BCUT2D eigenvalue weighted by Crippen LogP contribution is -1.92. The second kappa shape index (κ2) is 3.43. The van der Waals surface area contributed by atoms with E-state index >= 15 is 0 Å². The van der Waals surface area contributed by atoms with Crippen molar-refractivity contribution in [3.63, 3.8) is 0 Å². The third kappa shape index (κ3) is 2.15. The Labute approximate surface area is 68.7 Å². The van der Waals surface area contributed by atoms with E-state index in [4.69, 9.17) is 11.6 Å². The van der Waals surface area contributed by atoms with Crippen molar-refractivity contribution in [1.82, 2.24) is 0 Å². The van der Waals surface area contributed by atoms with E-state index < -0.39 is 0 Å². The maximum atomic E-state index is 5.85. The van der Waals surface area contributed by atoms with Crippen LogP contribution < -0.4 is 0 Å². The first kappa shape index (κ1) is 7.36. The molecule has 1 aliphatic carbocycles. The second-order valence-electron chi connectivity index (χ2n) is 2.00. The molecule has 0 bridgehead atoms. The highest BCUT2D eigenvalue weighted by Gasteiger charge is 2.06. The number of allylic oxidation sites excluding steroid dienone is 4. The predicted octanol–water partition coefficient (Wildman–Crippen LogP) is 3.22. The molecule has 9 heavy (non-hydrogen) atoms. The molecular weight excluding hydrogens is 199 g/mol. The second-order valence-corrected chi connectivity index (χ2v) is 3.54. The average molecular weight is 207 g/mol. The fourth-order valence-electron chi connectivity index (χ4n) is 0.733. The lowest BCUT2D eigenvalue weighted by atomic mass is 10.3. The summed E-state index contributed by atoms with van der Waals surface area (Å²) in [5, 5.41) is 0.931. The summed E-state index contributed by atoms with van der Waals surface area (Å²) in [6, 6.07) is 0. The summed E-state index contributed by atoms with van der Waals surface area (Å²) >= 11 is 9.30. The Kier molecular flexibility index (Phi) is 2.80. The molecule has 0 aromatic heterocycles. The Morgan fingerprint density at radius 1 is 1.56 bits per heavy atom. The molecule has 0 fully saturated rings. The number of alkyl halides is 1. The van der Waals surface area contributed by atoms with Crippen molar-refractivity contribution in [3.05, 3.63) is 23.3 Å². The minimum Gasteiger partial charge on any atom is -0.0882 e. The summed E-state index contributed by atoms with van der Waals surface area (Å²) in [5.41, 5.74) is 0. The Morgan fingerprint density at radius 2 is 2.33 bits per heavy atom. The minimum absolute atomic E-state index is 0.345. The highest BCUT2D eigenvalue weighted by Crippen LogP contribution is 2.23. The van der Waals surface area contributed by atoms with Gasteiger partial charge in [-0.05, 0) is 12.8 Å². The first-order valence-electron chi connectivity index (χ1n) is 2.95. The van der Waals surface area contributed by atoms with E-state index in [1.165, 1.54) is 0 Å². The molecule has 0 saturated heterocycles. The molecule has 0 aromatic rings. The zero-order valence-corrected chi connectivity index (χ0v) is 7.32. The molecule has 1 aliphatic rings. The molecule has 1 atom stereocenters. The largest absolute Gasteiger partial charge is 0.0882 e. The van der Waals surface area contributed by atoms with Crippen LogP contribution in [0.25, 0.3) is 0 Å². The Bertz CT molecular complexity index is 149. The van der Waals surface area contributed by atoms with Crippen molar-refractivity contribution < 1.29 is 0 Å². The fraction of sp³-hybridized carbons (Fsp3) is 0.429. The average Bonchev–Trinajstić information content (AvgIpc) is 1.99. The molecule has 0 saturated carbocycles. The summed E-state index contributed by atoms with van der Waals surface area (Å²) in [7, 11) is 0. The summed E-state index contributed by atoms with van der Waals surface area (Å²) in [6.07, 6.45) is 8.29. The lowest BCUT2D eigenvalue weighted by Gasteiger charge is -2.01. The van der Waals surface area contributed by atoms with E-state index in [9.17, 15) is 0 Å². The van der Waals surface area contributed by atoms with E-state index in [-0.39, 0.29) is 0 Å². The standard InChI is InChI=1S/C7H8BrCl/c8-6-4-2-1-3-5-7(6)9/h1-2,5-6H,3-4H2. The van der Waals surface area contributed by atoms with Gasteiger partial charge in [-0.2, -0.15) is 0 Å². The molecule has 1 rings (SSSR count). The van der Waals surface area contributed by atoms with Crippen LogP contribution in [0.15, 0.2) is 23.3 Å². The molecule has 0 aromatic carbocycles. The van der Waals surface area contributed by atoms with Crippen molar-refractivity contribution >= 4 is 27.5 Å². The first-order valence-corrected chi connectivity index (χ1v) is 4.24. The maximum absolute atomic E-state index is 5.85. The normalized spacial score (nSPS) is 27.3. The number of hydrogen-bond acceptors (Lipinski definition) is 0. The Balaban J connectivity index is 2.62. The van der Waals surface area contributed by atoms with Gasteiger partial charge in [-0.3, -0.25) is 0 Å². The van der Waals surface area contributed by atoms with Crippen LogP contribution in [0.1, 0.15) is 12.8 Å². The highest BCUT2D eigenvalue weighted by atomic mass is 79.9. The summed E-state index contributed by atoms with van der Waals surface area (Å²) in [5.74, 6) is 0. The minimum atomic E-state index is 0.345. The molecule has 2 heteroatoms. The third-order valence-electron chi connectivity index (χ3n) is 1.26. The maximum Gasteiger partial charge on any atom is 0.0534 e. The van der Waals surface area contributed by atoms with Gasteiger partial charge in [0.2, 0.25) is 0 Å². The Hall–Kier alpha value is 0.250. The molecule has 0 heterocycles. The highest BCUT2D eigenvalue weighted by molar-refractivity contribution is 9.09. The van der Waals surface area contributed by atoms with Gasteiger partial charge in [0, 0.05) is 5.03 Å². The Morgan fingerprint density at radius 3 is 3.11 bits per heavy atom. The SMILES string of the molecule is ClC1=CCC=CCC1Br. The molecule has 0 aliphatic heterocycles. The number of halogens is 2. The summed E-state index contributed by atoms with van der Waals surface area (Å²) in [4.78, 5) is 0.345. The summed E-state index contributed by atoms with van der Waals surface area (Å²) in [6.45, 7) is 0. The van der Waals surface area contributed by atoms with Gasteiger partial charge in [0.25, 0.3) is 0 Å². The van der Waals surface area contributed by atoms with Crippen molar-refractivity contribution in [3.8, 4) is 0 Å². The van der Waals surface area contributed by atoms with Crippen molar-refractivity contribution in [1.29, 1.82) is 0 Å². The zero-order chi connectivity index (χ0) is 6.69. The van der Waals surface area contributed by atoms with Crippen LogP contribution in [0.2, 0.25) is 0 Å². The van der Waals surface area contributed by atoms with Gasteiger partial charge in [0.05, 0.1) is 4.83 Å². The first-order chi connectivity index (χ1) is 4.30. The number of hydrogen-bond donors (Lipinski definition) is 0. The van der Waals surface area contributed by atoms with Gasteiger partial charge in [0.1, 0.15) is 0 Å². The smallest absolute Gasteiger partial charge is 0.0534 e. The van der Waals surface area contributed by atoms with Crippen molar-refractivity contribution in [2.45, 2.75) is 17.7 Å². The van der Waals surface area contributed by atoms with E-state index in [1.54, 1.807) is 0 Å². The van der Waals surface area contributed by atoms with Gasteiger partial charge >= 0.3 is 0 Å². The van der Waals surface area contributed by atoms with Crippen LogP contribution in [0.5, 0.6) is 0 Å². The van der Waals surface area contributed by atoms with Crippen molar-refractivity contribution in [2.24, 2.45) is 0 Å². The van der Waals surface area contributed by atoms with Crippen LogP contribution >= 0.6 is 27.5 Å². The van der Waals surface area contributed by atoms with Gasteiger partial charge in [-0.15, -0.1) is 0 Å². The van der Waals surface area contributed by atoms with Gasteiger partial charge < -0.3 is 0 Å². The van der Waals surface area contributed by atoms with Gasteiger partial charge in [-0.1, -0.05) is 45.8 Å². The molecule has 0 radical (unpaired) electrons. The van der Waals surface area contributed by atoms with Crippen LogP contribution in [0.4, 0.5) is 0 Å². The van der Waals surface area contributed by atoms with Crippen LogP contribution in [-0.4, -0.2) is 4.83 Å². The van der Waals surface area contributed by atoms with Crippen LogP contribution in [-0.2, 0) is 0 Å². The van der Waals surface area contributed by atoms with E-state index in [0.717, 1.165) is 17.9 Å². The fourth-order valence-corrected chi connectivity index (χ4v) is 1.31. The van der Waals surface area contributed by atoms with Crippen molar-refractivity contribution in [2.75, 3.05) is 0 Å². The van der Waals surface area contributed by atoms with E-state index in [2.05, 4.69) is 28.1 Å². The zero-order valence-electron chi connectivity index (χ0n) is 4.98. The summed E-state index contributed by atoms with van der Waals surface area (Å²) < 4.78 is 0. The number of rotatable bonds is 0. The lowest BCUT2D eigenvalue weighted by molar-refractivity contribution is 1.08. The molecule has 0 amide bonds. The predicted molar refractivity (Wildman–Crippen MR) is 45.0 cm³/mol. The molecular formula is C7H8BrCl. The van der Waals surface area contributed by atoms with Crippen LogP contribution in [0.3, 0.4) is 0 Å². The molecule has 0 spiro atoms. The third-order valence-corrected chi connectivity index (χ3v) is 2.81. The molecule has 50 valence electrons. The van der Waals surface area contributed by atoms with Crippen LogP contribution in [0, 0.1) is 0 Å². The monoisotopic (exact) mass is 206 g/mol. The van der Waals surface area contributed by atoms with Gasteiger partial charge in [0.15, 0.2) is 0 Å². The topological polar surface area (TPSA) is 0 Å². The van der Waals surface area contributed by atoms with E-state index in [1.807, 2.05) is 6.08 Å². The van der Waals surface area contributed by atoms with Gasteiger partial charge in [-0.25, -0.2) is 0 Å². The molecule has 0 N–H and O–H groups in total. The molecule has 1 unspecified atom stereocenters. The molecule has 0 nitrogen and oxygen atoms in total. The quantitative estimate of drug-likeness (QED) is 0.423. The van der Waals surface area contributed by atoms with E-state index in [0.29, 0.717) is 4.83 Å².